The van der Waals surface area contributed by atoms with Gasteiger partial charge >= 0.3 is 11.9 Å². The van der Waals surface area contributed by atoms with Crippen molar-refractivity contribution in [3.8, 4) is 11.5 Å². The lowest BCUT2D eigenvalue weighted by molar-refractivity contribution is -0.136. The van der Waals surface area contributed by atoms with Crippen LogP contribution in [0.4, 0.5) is 0 Å². The molecule has 0 saturated carbocycles. The van der Waals surface area contributed by atoms with Crippen LogP contribution in [0.25, 0.3) is 0 Å². The molecule has 0 heterocycles. The van der Waals surface area contributed by atoms with Crippen LogP contribution >= 0.6 is 23.2 Å². The molecule has 0 aliphatic rings. The number of hydrogen-bond acceptors (Lipinski definition) is 4. The maximum atomic E-state index is 11.3. The molecule has 0 saturated heterocycles. The monoisotopic (exact) mass is 290 g/mol. The van der Waals surface area contributed by atoms with Crippen molar-refractivity contribution in [1.82, 2.24) is 0 Å². The molecule has 0 fully saturated rings. The highest BCUT2D eigenvalue weighted by Gasteiger charge is 2.12. The maximum Gasteiger partial charge on any atom is 0.312 e. The minimum atomic E-state index is -0.481. The van der Waals surface area contributed by atoms with E-state index in [0.29, 0.717) is 0 Å². The summed E-state index contributed by atoms with van der Waals surface area (Å²) in [5.74, 6) is -0.233. The van der Waals surface area contributed by atoms with Crippen molar-refractivity contribution in [1.29, 1.82) is 0 Å². The van der Waals surface area contributed by atoms with Crippen LogP contribution in [0.3, 0.4) is 0 Å². The van der Waals surface area contributed by atoms with Crippen LogP contribution < -0.4 is 9.47 Å². The molecule has 4 nitrogen and oxygen atoms in total. The molecule has 0 aliphatic heterocycles. The molecule has 0 aromatic heterocycles. The molecule has 0 N–H and O–H groups in total. The summed E-state index contributed by atoms with van der Waals surface area (Å²) in [6.07, 6.45) is 0.178. The van der Waals surface area contributed by atoms with E-state index in [1.54, 1.807) is 12.1 Å². The largest absolute Gasteiger partial charge is 0.422 e. The predicted molar refractivity (Wildman–Crippen MR) is 68.4 cm³/mol. The van der Waals surface area contributed by atoms with Gasteiger partial charge in [0.05, 0.1) is 12.8 Å². The van der Waals surface area contributed by atoms with E-state index in [1.165, 1.54) is 12.1 Å². The average Bonchev–Trinajstić information content (AvgIpc) is 2.32. The van der Waals surface area contributed by atoms with Gasteiger partial charge in [-0.1, -0.05) is 12.1 Å². The van der Waals surface area contributed by atoms with E-state index in [2.05, 4.69) is 0 Å². The molecule has 1 rings (SSSR count). The lowest BCUT2D eigenvalue weighted by Gasteiger charge is -2.09. The van der Waals surface area contributed by atoms with E-state index in [9.17, 15) is 9.59 Å². The summed E-state index contributed by atoms with van der Waals surface area (Å²) in [4.78, 5) is 22.6. The summed E-state index contributed by atoms with van der Waals surface area (Å²) >= 11 is 10.9. The van der Waals surface area contributed by atoms with Crippen molar-refractivity contribution in [2.75, 3.05) is 11.8 Å². The number of carbonyl (C=O) groups is 2. The quantitative estimate of drug-likeness (QED) is 0.459. The van der Waals surface area contributed by atoms with Crippen molar-refractivity contribution in [2.45, 2.75) is 12.8 Å². The van der Waals surface area contributed by atoms with Crippen LogP contribution in [-0.4, -0.2) is 23.7 Å². The normalized spacial score (nSPS) is 9.89. The van der Waals surface area contributed by atoms with Crippen LogP contribution in [0.5, 0.6) is 11.5 Å². The summed E-state index contributed by atoms with van der Waals surface area (Å²) in [5.41, 5.74) is 0. The number of carbonyl (C=O) groups excluding carboxylic acids is 2. The molecular weight excluding hydrogens is 279 g/mol. The van der Waals surface area contributed by atoms with Gasteiger partial charge < -0.3 is 9.47 Å². The second-order valence-corrected chi connectivity index (χ2v) is 4.03. The van der Waals surface area contributed by atoms with Gasteiger partial charge in [0.25, 0.3) is 0 Å². The second-order valence-electron chi connectivity index (χ2n) is 3.27. The zero-order valence-corrected chi connectivity index (χ0v) is 11.0. The van der Waals surface area contributed by atoms with Crippen molar-refractivity contribution in [2.24, 2.45) is 0 Å². The zero-order chi connectivity index (χ0) is 13.4. The van der Waals surface area contributed by atoms with E-state index in [4.69, 9.17) is 32.7 Å². The van der Waals surface area contributed by atoms with E-state index in [1.807, 2.05) is 0 Å². The molecular formula is C12H12Cl2O4. The second kappa shape index (κ2) is 7.95. The summed E-state index contributed by atoms with van der Waals surface area (Å²) in [6.45, 7) is 0. The summed E-state index contributed by atoms with van der Waals surface area (Å²) < 4.78 is 10.1. The highest BCUT2D eigenvalue weighted by Crippen LogP contribution is 2.27. The Balaban J connectivity index is 2.73. The Bertz CT molecular complexity index is 381. The topological polar surface area (TPSA) is 52.6 Å². The number of benzene rings is 1. The lowest BCUT2D eigenvalue weighted by atomic mass is 10.3. The molecule has 18 heavy (non-hydrogen) atoms. The van der Waals surface area contributed by atoms with Gasteiger partial charge in [0.2, 0.25) is 0 Å². The Hall–Kier alpha value is -1.26. The molecule has 0 amide bonds. The smallest absolute Gasteiger partial charge is 0.312 e. The highest BCUT2D eigenvalue weighted by molar-refractivity contribution is 6.19. The van der Waals surface area contributed by atoms with Crippen LogP contribution in [0.1, 0.15) is 12.8 Å². The van der Waals surface area contributed by atoms with Gasteiger partial charge in [-0.05, 0) is 12.1 Å². The minimum Gasteiger partial charge on any atom is -0.422 e. The molecule has 0 bridgehead atoms. The van der Waals surface area contributed by atoms with Gasteiger partial charge in [0.15, 0.2) is 11.5 Å². The Kier molecular flexibility index (Phi) is 6.54. The van der Waals surface area contributed by atoms with Gasteiger partial charge in [0, 0.05) is 11.8 Å². The van der Waals surface area contributed by atoms with Gasteiger partial charge in [-0.3, -0.25) is 9.59 Å². The first-order valence-electron chi connectivity index (χ1n) is 5.29. The summed E-state index contributed by atoms with van der Waals surface area (Å²) in [5, 5.41) is 0. The molecule has 0 atom stereocenters. The van der Waals surface area contributed by atoms with Crippen LogP contribution in [0.2, 0.25) is 0 Å². The van der Waals surface area contributed by atoms with Gasteiger partial charge in [-0.25, -0.2) is 0 Å². The number of halogens is 2. The minimum absolute atomic E-state index is 0.0888. The predicted octanol–water partition coefficient (Wildman–Crippen LogP) is 2.76. The SMILES string of the molecule is O=C(CCCl)Oc1ccccc1OC(=O)CCCl. The standard InChI is InChI=1S/C12H12Cl2O4/c13-7-5-11(15)17-9-3-1-2-4-10(9)18-12(16)6-8-14/h1-4H,5-8H2. The third kappa shape index (κ3) is 4.94. The van der Waals surface area contributed by atoms with Crippen LogP contribution in [-0.2, 0) is 9.59 Å². The van der Waals surface area contributed by atoms with Crippen LogP contribution in [0, 0.1) is 0 Å². The number of ether oxygens (including phenoxy) is 2. The molecule has 1 aromatic carbocycles. The molecule has 6 heteroatoms. The number of esters is 2. The molecule has 98 valence electrons. The fraction of sp³-hybridized carbons (Fsp3) is 0.333. The average molecular weight is 291 g/mol. The number of alkyl halides is 2. The maximum absolute atomic E-state index is 11.3. The van der Waals surface area contributed by atoms with E-state index in [-0.39, 0.29) is 36.1 Å². The summed E-state index contributed by atoms with van der Waals surface area (Å²) in [7, 11) is 0. The Labute approximate surface area is 115 Å². The van der Waals surface area contributed by atoms with Gasteiger partial charge in [-0.2, -0.15) is 0 Å². The van der Waals surface area contributed by atoms with Crippen molar-refractivity contribution in [3.05, 3.63) is 24.3 Å². The van der Waals surface area contributed by atoms with E-state index >= 15 is 0 Å². The first-order valence-corrected chi connectivity index (χ1v) is 6.36. The summed E-state index contributed by atoms with van der Waals surface area (Å²) in [6, 6.07) is 6.41. The van der Waals surface area contributed by atoms with Crippen molar-refractivity contribution >= 4 is 35.1 Å². The first-order chi connectivity index (χ1) is 8.67. The molecule has 0 radical (unpaired) electrons. The molecule has 0 unspecified atom stereocenters. The first kappa shape index (κ1) is 14.8. The fourth-order valence-corrected chi connectivity index (χ4v) is 1.43. The van der Waals surface area contributed by atoms with Crippen LogP contribution in [0.15, 0.2) is 24.3 Å². The fourth-order valence-electron chi connectivity index (χ4n) is 1.12. The Morgan fingerprint density at radius 2 is 1.28 bits per heavy atom. The van der Waals surface area contributed by atoms with Gasteiger partial charge in [0.1, 0.15) is 0 Å². The molecule has 0 aliphatic carbocycles. The highest BCUT2D eigenvalue weighted by atomic mass is 35.5. The van der Waals surface area contributed by atoms with Crippen molar-refractivity contribution in [3.63, 3.8) is 0 Å². The molecule has 0 spiro atoms. The Morgan fingerprint density at radius 3 is 1.61 bits per heavy atom. The number of rotatable bonds is 6. The Morgan fingerprint density at radius 1 is 0.889 bits per heavy atom. The third-order valence-electron chi connectivity index (χ3n) is 1.89. The zero-order valence-electron chi connectivity index (χ0n) is 9.53. The van der Waals surface area contributed by atoms with Gasteiger partial charge in [-0.15, -0.1) is 23.2 Å². The number of hydrogen-bond donors (Lipinski definition) is 0. The lowest BCUT2D eigenvalue weighted by Crippen LogP contribution is -2.12. The van der Waals surface area contributed by atoms with E-state index < -0.39 is 11.9 Å². The van der Waals surface area contributed by atoms with Crippen molar-refractivity contribution < 1.29 is 19.1 Å². The molecule has 1 aromatic rings. The third-order valence-corrected chi connectivity index (χ3v) is 2.27. The number of para-hydroxylation sites is 2. The van der Waals surface area contributed by atoms with E-state index in [0.717, 1.165) is 0 Å².